The molecule has 1 aliphatic rings. The molecule has 0 amide bonds. The van der Waals surface area contributed by atoms with Crippen molar-refractivity contribution in [2.24, 2.45) is 0 Å². The van der Waals surface area contributed by atoms with Crippen LogP contribution in [0, 0.1) is 0 Å². The summed E-state index contributed by atoms with van der Waals surface area (Å²) in [6.45, 7) is 0.454. The van der Waals surface area contributed by atoms with E-state index in [1.807, 2.05) is 18.2 Å². The Bertz CT molecular complexity index is 734. The van der Waals surface area contributed by atoms with Crippen molar-refractivity contribution in [3.63, 3.8) is 0 Å². The van der Waals surface area contributed by atoms with Gasteiger partial charge in [-0.25, -0.2) is 9.71 Å². The molecule has 1 fully saturated rings. The van der Waals surface area contributed by atoms with E-state index in [9.17, 15) is 8.42 Å². The molecule has 0 spiro atoms. The van der Waals surface area contributed by atoms with E-state index in [1.165, 1.54) is 15.4 Å². The first-order valence-corrected chi connectivity index (χ1v) is 10.9. The van der Waals surface area contributed by atoms with Crippen LogP contribution in [0.4, 0.5) is 0 Å². The monoisotopic (exact) mass is 367 g/mol. The molecule has 1 saturated carbocycles. The third-order valence-corrected chi connectivity index (χ3v) is 7.38. The standard InChI is InChI=1S/C17H25N3O2S2/c1-20(14-8-3-2-4-9-14)24(21,22)18-13-7-12-17-19-15-10-5-6-11-16(15)23-17/h5-6,10-11,14,18H,2-4,7-9,12-13H2,1H3. The Morgan fingerprint density at radius 3 is 2.75 bits per heavy atom. The lowest BCUT2D eigenvalue weighted by Crippen LogP contribution is -2.45. The van der Waals surface area contributed by atoms with Crippen molar-refractivity contribution in [2.75, 3.05) is 13.6 Å². The van der Waals surface area contributed by atoms with Gasteiger partial charge in [0.2, 0.25) is 0 Å². The Balaban J connectivity index is 1.48. The maximum atomic E-state index is 12.4. The highest BCUT2D eigenvalue weighted by Gasteiger charge is 2.26. The Hall–Kier alpha value is -1.02. The number of benzene rings is 1. The number of aryl methyl sites for hydroxylation is 1. The van der Waals surface area contributed by atoms with E-state index < -0.39 is 10.2 Å². The quantitative estimate of drug-likeness (QED) is 0.764. The first kappa shape index (κ1) is 17.8. The van der Waals surface area contributed by atoms with Crippen molar-refractivity contribution >= 4 is 31.8 Å². The zero-order chi connectivity index (χ0) is 17.0. The van der Waals surface area contributed by atoms with Gasteiger partial charge in [-0.05, 0) is 31.4 Å². The van der Waals surface area contributed by atoms with E-state index in [1.54, 1.807) is 18.4 Å². The van der Waals surface area contributed by atoms with Gasteiger partial charge < -0.3 is 0 Å². The van der Waals surface area contributed by atoms with Crippen molar-refractivity contribution in [3.8, 4) is 0 Å². The summed E-state index contributed by atoms with van der Waals surface area (Å²) in [7, 11) is -1.67. The highest BCUT2D eigenvalue weighted by Crippen LogP contribution is 2.24. The Labute approximate surface area is 148 Å². The molecule has 132 valence electrons. The van der Waals surface area contributed by atoms with E-state index in [2.05, 4.69) is 15.8 Å². The van der Waals surface area contributed by atoms with Gasteiger partial charge in [0.15, 0.2) is 0 Å². The maximum Gasteiger partial charge on any atom is 0.279 e. The summed E-state index contributed by atoms with van der Waals surface area (Å²) < 4.78 is 30.2. The summed E-state index contributed by atoms with van der Waals surface area (Å²) in [5.41, 5.74) is 1.02. The number of fused-ring (bicyclic) bond motifs is 1. The van der Waals surface area contributed by atoms with Gasteiger partial charge in [0.1, 0.15) is 0 Å². The van der Waals surface area contributed by atoms with E-state index in [0.717, 1.165) is 49.0 Å². The minimum Gasteiger partial charge on any atom is -0.241 e. The SMILES string of the molecule is CN(C1CCCCC1)S(=O)(=O)NCCCc1nc2ccccc2s1. The number of rotatable bonds is 7. The fourth-order valence-electron chi connectivity index (χ4n) is 3.21. The average Bonchev–Trinajstić information content (AvgIpc) is 3.01. The van der Waals surface area contributed by atoms with Crippen molar-refractivity contribution < 1.29 is 8.42 Å². The second kappa shape index (κ2) is 7.91. The molecule has 5 nitrogen and oxygen atoms in total. The first-order valence-electron chi connectivity index (χ1n) is 8.63. The summed E-state index contributed by atoms with van der Waals surface area (Å²) in [6, 6.07) is 8.23. The van der Waals surface area contributed by atoms with E-state index >= 15 is 0 Å². The van der Waals surface area contributed by atoms with Gasteiger partial charge in [0.05, 0.1) is 15.2 Å². The molecule has 7 heteroatoms. The first-order chi connectivity index (χ1) is 11.6. The Morgan fingerprint density at radius 1 is 1.25 bits per heavy atom. The van der Waals surface area contributed by atoms with Crippen molar-refractivity contribution in [3.05, 3.63) is 29.3 Å². The minimum absolute atomic E-state index is 0.153. The lowest BCUT2D eigenvalue weighted by Gasteiger charge is -2.30. The molecule has 1 N–H and O–H groups in total. The molecule has 0 radical (unpaired) electrons. The molecular weight excluding hydrogens is 342 g/mol. The van der Waals surface area contributed by atoms with Gasteiger partial charge >= 0.3 is 0 Å². The number of hydrogen-bond donors (Lipinski definition) is 1. The lowest BCUT2D eigenvalue weighted by molar-refractivity contribution is 0.283. The second-order valence-electron chi connectivity index (χ2n) is 6.39. The molecule has 24 heavy (non-hydrogen) atoms. The maximum absolute atomic E-state index is 12.4. The zero-order valence-electron chi connectivity index (χ0n) is 14.1. The molecule has 0 saturated heterocycles. The number of nitrogens with zero attached hydrogens (tertiary/aromatic N) is 2. The fraction of sp³-hybridized carbons (Fsp3) is 0.588. The molecule has 1 aromatic heterocycles. The van der Waals surface area contributed by atoms with Gasteiger partial charge in [-0.2, -0.15) is 12.7 Å². The van der Waals surface area contributed by atoms with Crippen LogP contribution in [-0.2, 0) is 16.6 Å². The van der Waals surface area contributed by atoms with E-state index in [4.69, 9.17) is 0 Å². The largest absolute Gasteiger partial charge is 0.279 e. The number of aromatic nitrogens is 1. The van der Waals surface area contributed by atoms with E-state index in [-0.39, 0.29) is 6.04 Å². The zero-order valence-corrected chi connectivity index (χ0v) is 15.7. The highest BCUT2D eigenvalue weighted by molar-refractivity contribution is 7.87. The number of nitrogens with one attached hydrogen (secondary N) is 1. The summed E-state index contributed by atoms with van der Waals surface area (Å²) in [4.78, 5) is 4.59. The number of para-hydroxylation sites is 1. The lowest BCUT2D eigenvalue weighted by atomic mass is 9.96. The molecule has 2 aromatic rings. The summed E-state index contributed by atoms with van der Waals surface area (Å²) in [5, 5.41) is 1.07. The van der Waals surface area contributed by atoms with Crippen molar-refractivity contribution in [2.45, 2.75) is 51.0 Å². The third kappa shape index (κ3) is 4.33. The third-order valence-electron chi connectivity index (χ3n) is 4.66. The van der Waals surface area contributed by atoms with Crippen LogP contribution in [0.25, 0.3) is 10.2 Å². The summed E-state index contributed by atoms with van der Waals surface area (Å²) >= 11 is 1.69. The average molecular weight is 368 g/mol. The van der Waals surface area contributed by atoms with Crippen LogP contribution in [-0.4, -0.2) is 37.3 Å². The molecule has 0 bridgehead atoms. The van der Waals surface area contributed by atoms with Crippen LogP contribution in [0.3, 0.4) is 0 Å². The normalized spacial score (nSPS) is 16.9. The summed E-state index contributed by atoms with van der Waals surface area (Å²) in [6.07, 6.45) is 6.99. The number of thiazole rings is 1. The van der Waals surface area contributed by atoms with Gasteiger partial charge in [0, 0.05) is 26.1 Å². The van der Waals surface area contributed by atoms with Crippen LogP contribution in [0.5, 0.6) is 0 Å². The number of hydrogen-bond acceptors (Lipinski definition) is 4. The van der Waals surface area contributed by atoms with Gasteiger partial charge in [0.25, 0.3) is 10.2 Å². The predicted molar refractivity (Wildman–Crippen MR) is 99.5 cm³/mol. The fourth-order valence-corrected chi connectivity index (χ4v) is 5.43. The summed E-state index contributed by atoms with van der Waals surface area (Å²) in [5.74, 6) is 0. The van der Waals surface area contributed by atoms with Crippen molar-refractivity contribution in [1.29, 1.82) is 0 Å². The van der Waals surface area contributed by atoms with Crippen LogP contribution >= 0.6 is 11.3 Å². The molecule has 0 aliphatic heterocycles. The molecule has 0 atom stereocenters. The molecule has 1 heterocycles. The van der Waals surface area contributed by atoms with E-state index in [0.29, 0.717) is 6.54 Å². The molecule has 3 rings (SSSR count). The van der Waals surface area contributed by atoms with Crippen LogP contribution in [0.2, 0.25) is 0 Å². The van der Waals surface area contributed by atoms with Crippen LogP contribution in [0.1, 0.15) is 43.5 Å². The van der Waals surface area contributed by atoms with Crippen molar-refractivity contribution in [1.82, 2.24) is 14.0 Å². The van der Waals surface area contributed by atoms with Gasteiger partial charge in [-0.15, -0.1) is 11.3 Å². The van der Waals surface area contributed by atoms with Gasteiger partial charge in [-0.1, -0.05) is 31.4 Å². The second-order valence-corrected chi connectivity index (χ2v) is 9.32. The van der Waals surface area contributed by atoms with Gasteiger partial charge in [-0.3, -0.25) is 0 Å². The topological polar surface area (TPSA) is 62.3 Å². The highest BCUT2D eigenvalue weighted by atomic mass is 32.2. The minimum atomic E-state index is -3.37. The molecule has 1 aromatic carbocycles. The van der Waals surface area contributed by atoms with Crippen LogP contribution in [0.15, 0.2) is 24.3 Å². The Kier molecular flexibility index (Phi) is 5.86. The molecular formula is C17H25N3O2S2. The Morgan fingerprint density at radius 2 is 2.00 bits per heavy atom. The predicted octanol–water partition coefficient (Wildman–Crippen LogP) is 3.33. The van der Waals surface area contributed by atoms with Crippen LogP contribution < -0.4 is 4.72 Å². The molecule has 1 aliphatic carbocycles. The molecule has 0 unspecified atom stereocenters. The smallest absolute Gasteiger partial charge is 0.241 e.